The number of aldehydes is 1. The topological polar surface area (TPSA) is 17.1 Å². The minimum Gasteiger partial charge on any atom is -0.303 e. The zero-order chi connectivity index (χ0) is 32.8. The molecule has 242 valence electrons. The van der Waals surface area contributed by atoms with Gasteiger partial charge < -0.3 is 4.79 Å². The summed E-state index contributed by atoms with van der Waals surface area (Å²) >= 11 is 0. The maximum absolute atomic E-state index is 13.0. The highest BCUT2D eigenvalue weighted by atomic mass is 16.1. The van der Waals surface area contributed by atoms with Crippen molar-refractivity contribution in [1.29, 1.82) is 0 Å². The Morgan fingerprint density at radius 3 is 0.953 bits per heavy atom. The number of carbonyl (C=O) groups excluding carboxylic acids is 1. The Morgan fingerprint density at radius 1 is 0.419 bits per heavy atom. The monoisotopic (exact) mass is 589 g/mol. The highest BCUT2D eigenvalue weighted by Crippen LogP contribution is 2.32. The van der Waals surface area contributed by atoms with Gasteiger partial charge in [0.2, 0.25) is 0 Å². The van der Waals surface area contributed by atoms with Crippen LogP contribution in [0.15, 0.2) is 93.2 Å². The van der Waals surface area contributed by atoms with Crippen LogP contribution >= 0.6 is 0 Å². The minimum absolute atomic E-state index is 0.0551. The minimum atomic E-state index is -0.0551. The van der Waals surface area contributed by atoms with Crippen LogP contribution in [0.3, 0.4) is 0 Å². The van der Waals surface area contributed by atoms with Crippen LogP contribution in [0.5, 0.6) is 0 Å². The summed E-state index contributed by atoms with van der Waals surface area (Å²) < 4.78 is 0. The maximum Gasteiger partial charge on any atom is 0.124 e. The molecule has 0 radical (unpaired) electrons. The summed E-state index contributed by atoms with van der Waals surface area (Å²) in [7, 11) is 0. The van der Waals surface area contributed by atoms with Crippen molar-refractivity contribution in [2.24, 2.45) is 17.8 Å². The van der Waals surface area contributed by atoms with E-state index in [1.165, 1.54) is 50.9 Å². The predicted molar refractivity (Wildman–Crippen MR) is 195 cm³/mol. The lowest BCUT2D eigenvalue weighted by atomic mass is 9.76. The van der Waals surface area contributed by atoms with Gasteiger partial charge in [-0.25, -0.2) is 0 Å². The molecule has 0 bridgehead atoms. The van der Waals surface area contributed by atoms with Gasteiger partial charge in [-0.2, -0.15) is 0 Å². The number of hydrogen-bond donors (Lipinski definition) is 0. The number of allylic oxidation sites excluding steroid dienone is 16. The average Bonchev–Trinajstić information content (AvgIpc) is 2.89. The molecule has 0 fully saturated rings. The van der Waals surface area contributed by atoms with E-state index in [-0.39, 0.29) is 17.8 Å². The van der Waals surface area contributed by atoms with Gasteiger partial charge in [0.05, 0.1) is 0 Å². The van der Waals surface area contributed by atoms with Crippen LogP contribution in [0.25, 0.3) is 0 Å². The van der Waals surface area contributed by atoms with Crippen LogP contribution in [-0.2, 0) is 4.79 Å². The average molecular weight is 589 g/mol. The highest BCUT2D eigenvalue weighted by molar-refractivity contribution is 5.56. The smallest absolute Gasteiger partial charge is 0.124 e. The lowest BCUT2D eigenvalue weighted by Crippen LogP contribution is -2.23. The second-order valence-electron chi connectivity index (χ2n) is 13.9. The maximum atomic E-state index is 13.0. The summed E-state index contributed by atoms with van der Waals surface area (Å²) in [4.78, 5) is 13.0. The molecule has 0 saturated heterocycles. The molecule has 1 nitrogen and oxygen atoms in total. The van der Waals surface area contributed by atoms with Crippen molar-refractivity contribution < 1.29 is 4.79 Å². The molecule has 0 aromatic rings. The molecule has 0 amide bonds. The molecule has 0 aliphatic heterocycles. The summed E-state index contributed by atoms with van der Waals surface area (Å²) in [5, 5.41) is 0. The van der Waals surface area contributed by atoms with Crippen LogP contribution in [0.2, 0.25) is 0 Å². The molecule has 0 rings (SSSR count). The van der Waals surface area contributed by atoms with Gasteiger partial charge in [-0.3, -0.25) is 0 Å². The van der Waals surface area contributed by atoms with Gasteiger partial charge in [-0.05, 0) is 159 Å². The quantitative estimate of drug-likeness (QED) is 0.0962. The van der Waals surface area contributed by atoms with Gasteiger partial charge in [-0.15, -0.1) is 0 Å². The second-order valence-corrected chi connectivity index (χ2v) is 13.9. The molecule has 0 spiro atoms. The Balaban J connectivity index is 6.41. The fraction of sp³-hybridized carbons (Fsp3) is 0.595. The Labute approximate surface area is 268 Å². The van der Waals surface area contributed by atoms with Crippen molar-refractivity contribution in [3.05, 3.63) is 93.2 Å². The van der Waals surface area contributed by atoms with Crippen LogP contribution in [0, 0.1) is 17.8 Å². The predicted octanol–water partition coefficient (Wildman–Crippen LogP) is 13.6. The van der Waals surface area contributed by atoms with E-state index in [0.717, 1.165) is 64.2 Å². The molecule has 0 N–H and O–H groups in total. The molecule has 0 saturated carbocycles. The second kappa shape index (κ2) is 24.0. The van der Waals surface area contributed by atoms with Crippen molar-refractivity contribution in [1.82, 2.24) is 0 Å². The summed E-state index contributed by atoms with van der Waals surface area (Å²) in [5.41, 5.74) is 11.1. The van der Waals surface area contributed by atoms with E-state index in [2.05, 4.69) is 132 Å². The molecular formula is C42H68O. The van der Waals surface area contributed by atoms with E-state index in [4.69, 9.17) is 0 Å². The van der Waals surface area contributed by atoms with Gasteiger partial charge in [-0.1, -0.05) is 93.2 Å². The lowest BCUT2D eigenvalue weighted by Gasteiger charge is -2.27. The van der Waals surface area contributed by atoms with E-state index in [9.17, 15) is 4.79 Å². The molecule has 0 heterocycles. The molecule has 0 aliphatic rings. The zero-order valence-corrected chi connectivity index (χ0v) is 30.4. The first-order chi connectivity index (χ1) is 20.2. The van der Waals surface area contributed by atoms with Gasteiger partial charge >= 0.3 is 0 Å². The summed E-state index contributed by atoms with van der Waals surface area (Å²) in [6, 6.07) is 0. The van der Waals surface area contributed by atoms with Crippen LogP contribution < -0.4 is 0 Å². The molecule has 0 aromatic carbocycles. The molecule has 1 heteroatoms. The van der Waals surface area contributed by atoms with E-state index in [0.29, 0.717) is 0 Å². The molecule has 0 aromatic heterocycles. The number of hydrogen-bond acceptors (Lipinski definition) is 1. The summed E-state index contributed by atoms with van der Waals surface area (Å²) in [5.74, 6) is 0.322. The third-order valence-electron chi connectivity index (χ3n) is 7.99. The van der Waals surface area contributed by atoms with E-state index in [1.54, 1.807) is 0 Å². The van der Waals surface area contributed by atoms with Crippen LogP contribution in [0.4, 0.5) is 0 Å². The van der Waals surface area contributed by atoms with Crippen molar-refractivity contribution in [2.75, 3.05) is 0 Å². The van der Waals surface area contributed by atoms with Gasteiger partial charge in [0.25, 0.3) is 0 Å². The van der Waals surface area contributed by atoms with Crippen molar-refractivity contribution in [2.45, 2.75) is 147 Å². The SMILES string of the molecule is CC(C)=CCCC(C)=CCC(C=C(C)CCC=C(C)C)C(C=O)C(C=C(C)CCC=C(C)C)CC=C(C)CCC=C(C)C. The first-order valence-corrected chi connectivity index (χ1v) is 16.9. The highest BCUT2D eigenvalue weighted by Gasteiger charge is 2.26. The fourth-order valence-electron chi connectivity index (χ4n) is 5.32. The standard InChI is InChI=1S/C42H68O/c1-32(2)17-13-21-36(9)25-27-40(29-38(11)23-15-19-34(5)6)42(31-43)41(30-39(12)24-16-20-35(7)8)28-26-37(10)22-14-18-33(3)4/h17-20,25-26,29-31,40-42H,13-16,21-24,27-28H2,1-12H3. The van der Waals surface area contributed by atoms with Gasteiger partial charge in [0.1, 0.15) is 6.29 Å². The molecule has 0 aliphatic carbocycles. The summed E-state index contributed by atoms with van der Waals surface area (Å²) in [6.45, 7) is 26.3. The number of rotatable bonds is 21. The molecule has 2 atom stereocenters. The van der Waals surface area contributed by atoms with Crippen LogP contribution in [0.1, 0.15) is 147 Å². The van der Waals surface area contributed by atoms with E-state index < -0.39 is 0 Å². The Morgan fingerprint density at radius 2 is 0.698 bits per heavy atom. The van der Waals surface area contributed by atoms with E-state index >= 15 is 0 Å². The lowest BCUT2D eigenvalue weighted by molar-refractivity contribution is -0.113. The van der Waals surface area contributed by atoms with Crippen LogP contribution in [-0.4, -0.2) is 6.29 Å². The largest absolute Gasteiger partial charge is 0.303 e. The molecule has 43 heavy (non-hydrogen) atoms. The first-order valence-electron chi connectivity index (χ1n) is 16.9. The Hall–Kier alpha value is -2.41. The normalized spacial score (nSPS) is 14.9. The first kappa shape index (κ1) is 40.6. The van der Waals surface area contributed by atoms with Gasteiger partial charge in [0, 0.05) is 5.92 Å². The molecular weight excluding hydrogens is 520 g/mol. The Bertz CT molecular complexity index is 964. The van der Waals surface area contributed by atoms with Crippen molar-refractivity contribution in [3.63, 3.8) is 0 Å². The molecule has 2 unspecified atom stereocenters. The summed E-state index contributed by atoms with van der Waals surface area (Å²) in [6.07, 6.45) is 30.6. The van der Waals surface area contributed by atoms with Crippen molar-refractivity contribution in [3.8, 4) is 0 Å². The fourth-order valence-corrected chi connectivity index (χ4v) is 5.32. The number of carbonyl (C=O) groups is 1. The third kappa shape index (κ3) is 22.7. The van der Waals surface area contributed by atoms with Crippen molar-refractivity contribution >= 4 is 6.29 Å². The zero-order valence-electron chi connectivity index (χ0n) is 30.4. The van der Waals surface area contributed by atoms with Gasteiger partial charge in [0.15, 0.2) is 0 Å². The third-order valence-corrected chi connectivity index (χ3v) is 7.99. The Kier molecular flexibility index (Phi) is 22.6. The van der Waals surface area contributed by atoms with E-state index in [1.807, 2.05) is 0 Å².